The molecule has 0 saturated heterocycles. The van der Waals surface area contributed by atoms with Crippen LogP contribution in [0.15, 0.2) is 36.4 Å². The number of hydrogen-bond acceptors (Lipinski definition) is 3. The number of carbonyl (C=O) groups is 2. The Balaban J connectivity index is 1.99. The second-order valence-corrected chi connectivity index (χ2v) is 6.15. The molecule has 0 aliphatic heterocycles. The summed E-state index contributed by atoms with van der Waals surface area (Å²) in [5.74, 6) is -0.194. The summed E-state index contributed by atoms with van der Waals surface area (Å²) in [6.07, 6.45) is 0.412. The van der Waals surface area contributed by atoms with Crippen molar-refractivity contribution in [3.8, 4) is 0 Å². The standard InChI is InChI=1S/C20H25N3O2/c1-5-19(24)23-18-11-16(9-8-15(18)4)22-20(25)12-21-17-10-13(2)6-7-14(17)3/h6-11,21H,5,12H2,1-4H3,(H,22,25)(H,23,24). The van der Waals surface area contributed by atoms with E-state index in [9.17, 15) is 9.59 Å². The normalized spacial score (nSPS) is 10.2. The van der Waals surface area contributed by atoms with Crippen LogP contribution in [0.3, 0.4) is 0 Å². The molecule has 0 aliphatic rings. The SMILES string of the molecule is CCC(=O)Nc1cc(NC(=O)CNc2cc(C)ccc2C)ccc1C. The maximum Gasteiger partial charge on any atom is 0.243 e. The van der Waals surface area contributed by atoms with Gasteiger partial charge in [0.1, 0.15) is 0 Å². The second kappa shape index (κ2) is 8.33. The summed E-state index contributed by atoms with van der Waals surface area (Å²) in [4.78, 5) is 23.8. The van der Waals surface area contributed by atoms with Crippen LogP contribution in [0, 0.1) is 20.8 Å². The Kier molecular flexibility index (Phi) is 6.17. The Morgan fingerprint density at radius 2 is 1.52 bits per heavy atom. The van der Waals surface area contributed by atoms with Crippen molar-refractivity contribution in [2.24, 2.45) is 0 Å². The molecule has 0 aromatic heterocycles. The Labute approximate surface area is 148 Å². The van der Waals surface area contributed by atoms with Gasteiger partial charge in [-0.2, -0.15) is 0 Å². The summed E-state index contributed by atoms with van der Waals surface area (Å²) in [6, 6.07) is 11.6. The van der Waals surface area contributed by atoms with E-state index in [1.165, 1.54) is 0 Å². The molecule has 0 spiro atoms. The van der Waals surface area contributed by atoms with Gasteiger partial charge in [-0.1, -0.05) is 25.1 Å². The van der Waals surface area contributed by atoms with Crippen LogP contribution in [0.1, 0.15) is 30.0 Å². The lowest BCUT2D eigenvalue weighted by Gasteiger charge is -2.13. The zero-order valence-corrected chi connectivity index (χ0v) is 15.2. The van der Waals surface area contributed by atoms with E-state index >= 15 is 0 Å². The largest absolute Gasteiger partial charge is 0.376 e. The van der Waals surface area contributed by atoms with Gasteiger partial charge in [0, 0.05) is 23.5 Å². The van der Waals surface area contributed by atoms with Gasteiger partial charge in [-0.05, 0) is 55.7 Å². The molecular formula is C20H25N3O2. The zero-order valence-electron chi connectivity index (χ0n) is 15.2. The number of amides is 2. The lowest BCUT2D eigenvalue weighted by Crippen LogP contribution is -2.22. The van der Waals surface area contributed by atoms with E-state index in [1.807, 2.05) is 51.1 Å². The first-order valence-electron chi connectivity index (χ1n) is 8.40. The summed E-state index contributed by atoms with van der Waals surface area (Å²) >= 11 is 0. The molecule has 2 rings (SSSR count). The van der Waals surface area contributed by atoms with E-state index in [4.69, 9.17) is 0 Å². The van der Waals surface area contributed by atoms with Crippen LogP contribution >= 0.6 is 0 Å². The number of carbonyl (C=O) groups excluding carboxylic acids is 2. The summed E-state index contributed by atoms with van der Waals surface area (Å²) < 4.78 is 0. The summed E-state index contributed by atoms with van der Waals surface area (Å²) in [7, 11) is 0. The van der Waals surface area contributed by atoms with Gasteiger partial charge in [0.2, 0.25) is 11.8 Å². The molecule has 0 bridgehead atoms. The molecule has 0 unspecified atom stereocenters. The van der Waals surface area contributed by atoms with Gasteiger partial charge in [-0.15, -0.1) is 0 Å². The van der Waals surface area contributed by atoms with Crippen LogP contribution in [0.25, 0.3) is 0 Å². The first kappa shape index (κ1) is 18.5. The molecule has 0 heterocycles. The average molecular weight is 339 g/mol. The molecule has 0 fully saturated rings. The van der Waals surface area contributed by atoms with Crippen LogP contribution < -0.4 is 16.0 Å². The molecule has 5 nitrogen and oxygen atoms in total. The quantitative estimate of drug-likeness (QED) is 0.745. The van der Waals surface area contributed by atoms with E-state index in [1.54, 1.807) is 13.0 Å². The molecule has 2 aromatic carbocycles. The second-order valence-electron chi connectivity index (χ2n) is 6.15. The lowest BCUT2D eigenvalue weighted by atomic mass is 10.1. The molecule has 0 atom stereocenters. The lowest BCUT2D eigenvalue weighted by molar-refractivity contribution is -0.116. The van der Waals surface area contributed by atoms with E-state index in [-0.39, 0.29) is 18.4 Å². The third-order valence-corrected chi connectivity index (χ3v) is 3.95. The molecule has 2 amide bonds. The molecule has 0 radical (unpaired) electrons. The Hall–Kier alpha value is -2.82. The fourth-order valence-electron chi connectivity index (χ4n) is 2.38. The van der Waals surface area contributed by atoms with Crippen molar-refractivity contribution < 1.29 is 9.59 Å². The minimum atomic E-state index is -0.141. The van der Waals surface area contributed by atoms with Crippen LogP contribution in [-0.4, -0.2) is 18.4 Å². The van der Waals surface area contributed by atoms with Crippen molar-refractivity contribution in [2.45, 2.75) is 34.1 Å². The predicted molar refractivity (Wildman–Crippen MR) is 103 cm³/mol. The van der Waals surface area contributed by atoms with Crippen molar-refractivity contribution in [1.82, 2.24) is 0 Å². The topological polar surface area (TPSA) is 70.2 Å². The molecule has 0 aliphatic carbocycles. The molecule has 5 heteroatoms. The number of anilines is 3. The third-order valence-electron chi connectivity index (χ3n) is 3.95. The van der Waals surface area contributed by atoms with Gasteiger partial charge in [0.05, 0.1) is 6.54 Å². The van der Waals surface area contributed by atoms with Crippen LogP contribution in [0.5, 0.6) is 0 Å². The van der Waals surface area contributed by atoms with Crippen molar-refractivity contribution in [3.05, 3.63) is 53.1 Å². The molecule has 0 saturated carbocycles. The summed E-state index contributed by atoms with van der Waals surface area (Å²) in [5.41, 5.74) is 5.52. The van der Waals surface area contributed by atoms with Crippen LogP contribution in [-0.2, 0) is 9.59 Å². The van der Waals surface area contributed by atoms with Crippen LogP contribution in [0.4, 0.5) is 17.1 Å². The summed E-state index contributed by atoms with van der Waals surface area (Å²) in [6.45, 7) is 7.91. The van der Waals surface area contributed by atoms with Gasteiger partial charge in [-0.25, -0.2) is 0 Å². The highest BCUT2D eigenvalue weighted by molar-refractivity contribution is 5.96. The van der Waals surface area contributed by atoms with Crippen molar-refractivity contribution in [2.75, 3.05) is 22.5 Å². The molecule has 25 heavy (non-hydrogen) atoms. The van der Waals surface area contributed by atoms with Crippen LogP contribution in [0.2, 0.25) is 0 Å². The fourth-order valence-corrected chi connectivity index (χ4v) is 2.38. The average Bonchev–Trinajstić information content (AvgIpc) is 2.58. The highest BCUT2D eigenvalue weighted by atomic mass is 16.2. The Bertz CT molecular complexity index is 785. The number of rotatable bonds is 6. The number of nitrogens with one attached hydrogen (secondary N) is 3. The highest BCUT2D eigenvalue weighted by Crippen LogP contribution is 2.21. The maximum atomic E-state index is 12.2. The van der Waals surface area contributed by atoms with E-state index < -0.39 is 0 Å². The van der Waals surface area contributed by atoms with E-state index in [0.29, 0.717) is 17.8 Å². The van der Waals surface area contributed by atoms with Gasteiger partial charge in [0.15, 0.2) is 0 Å². The predicted octanol–water partition coefficient (Wildman–Crippen LogP) is 4.01. The first-order chi connectivity index (χ1) is 11.9. The number of benzene rings is 2. The van der Waals surface area contributed by atoms with Gasteiger partial charge in [0.25, 0.3) is 0 Å². The molecule has 3 N–H and O–H groups in total. The zero-order chi connectivity index (χ0) is 18.4. The maximum absolute atomic E-state index is 12.2. The van der Waals surface area contributed by atoms with Crippen molar-refractivity contribution in [3.63, 3.8) is 0 Å². The fraction of sp³-hybridized carbons (Fsp3) is 0.300. The minimum absolute atomic E-state index is 0.0526. The monoisotopic (exact) mass is 339 g/mol. The molecule has 132 valence electrons. The number of aryl methyl sites for hydroxylation is 3. The molecular weight excluding hydrogens is 314 g/mol. The Morgan fingerprint density at radius 1 is 0.840 bits per heavy atom. The minimum Gasteiger partial charge on any atom is -0.376 e. The molecule has 2 aromatic rings. The highest BCUT2D eigenvalue weighted by Gasteiger charge is 2.07. The van der Waals surface area contributed by atoms with Crippen molar-refractivity contribution in [1.29, 1.82) is 0 Å². The van der Waals surface area contributed by atoms with Gasteiger partial charge in [-0.3, -0.25) is 9.59 Å². The van der Waals surface area contributed by atoms with E-state index in [2.05, 4.69) is 16.0 Å². The van der Waals surface area contributed by atoms with Gasteiger partial charge < -0.3 is 16.0 Å². The first-order valence-corrected chi connectivity index (χ1v) is 8.40. The van der Waals surface area contributed by atoms with Crippen molar-refractivity contribution >= 4 is 28.9 Å². The Morgan fingerprint density at radius 3 is 2.24 bits per heavy atom. The summed E-state index contributed by atoms with van der Waals surface area (Å²) in [5, 5.41) is 8.85. The van der Waals surface area contributed by atoms with Gasteiger partial charge >= 0.3 is 0 Å². The third kappa shape index (κ3) is 5.35. The smallest absolute Gasteiger partial charge is 0.243 e. The number of hydrogen-bond donors (Lipinski definition) is 3. The van der Waals surface area contributed by atoms with E-state index in [0.717, 1.165) is 22.4 Å².